The van der Waals surface area contributed by atoms with Crippen LogP contribution in [0.4, 0.5) is 0 Å². The minimum Gasteiger partial charge on any atom is -0.384 e. The van der Waals surface area contributed by atoms with Crippen molar-refractivity contribution in [3.8, 4) is 0 Å². The molecule has 0 amide bonds. The van der Waals surface area contributed by atoms with Crippen molar-refractivity contribution in [3.63, 3.8) is 0 Å². The van der Waals surface area contributed by atoms with Crippen LogP contribution >= 0.6 is 0 Å². The molecule has 0 aliphatic carbocycles. The molecule has 1 rings (SSSR count). The number of rotatable bonds is 7. The molecule has 1 nitrogen and oxygen atoms in total. The van der Waals surface area contributed by atoms with Crippen molar-refractivity contribution in [1.82, 2.24) is 5.32 Å². The number of unbranched alkanes of at least 4 members (excludes halogenated alkanes) is 1. The van der Waals surface area contributed by atoms with E-state index in [1.165, 1.54) is 37.7 Å². The fourth-order valence-corrected chi connectivity index (χ4v) is 2.71. The highest BCUT2D eigenvalue weighted by Crippen LogP contribution is 2.27. The van der Waals surface area contributed by atoms with Crippen LogP contribution < -0.4 is 5.32 Å². The van der Waals surface area contributed by atoms with Gasteiger partial charge < -0.3 is 5.32 Å². The average Bonchev–Trinajstić information content (AvgIpc) is 2.39. The van der Waals surface area contributed by atoms with Gasteiger partial charge in [0, 0.05) is 12.2 Å². The summed E-state index contributed by atoms with van der Waals surface area (Å²) in [7, 11) is 0. The predicted octanol–water partition coefficient (Wildman–Crippen LogP) is 4.80. The Labute approximate surface area is 107 Å². The van der Waals surface area contributed by atoms with Gasteiger partial charge in [-0.25, -0.2) is 0 Å². The molecule has 0 spiro atoms. The van der Waals surface area contributed by atoms with Crippen molar-refractivity contribution in [1.29, 1.82) is 0 Å². The van der Waals surface area contributed by atoms with E-state index >= 15 is 0 Å². The molecule has 17 heavy (non-hydrogen) atoms. The summed E-state index contributed by atoms with van der Waals surface area (Å²) >= 11 is 0. The smallest absolute Gasteiger partial charge is 0.0499 e. The second kappa shape index (κ2) is 7.58. The van der Waals surface area contributed by atoms with Crippen LogP contribution in [0.2, 0.25) is 0 Å². The van der Waals surface area contributed by atoms with Gasteiger partial charge >= 0.3 is 0 Å². The van der Waals surface area contributed by atoms with Crippen molar-refractivity contribution < 1.29 is 0 Å². The molecule has 0 aromatic rings. The maximum Gasteiger partial charge on any atom is 0.0499 e. The van der Waals surface area contributed by atoms with Crippen LogP contribution in [0, 0.1) is 5.92 Å². The zero-order valence-electron chi connectivity index (χ0n) is 12.1. The van der Waals surface area contributed by atoms with Crippen LogP contribution in [-0.4, -0.2) is 6.04 Å². The first kappa shape index (κ1) is 14.3. The zero-order valence-corrected chi connectivity index (χ0v) is 12.1. The van der Waals surface area contributed by atoms with E-state index in [-0.39, 0.29) is 0 Å². The summed E-state index contributed by atoms with van der Waals surface area (Å²) in [5, 5.41) is 3.65. The van der Waals surface area contributed by atoms with E-state index in [9.17, 15) is 0 Å². The van der Waals surface area contributed by atoms with Crippen molar-refractivity contribution in [3.05, 3.63) is 23.4 Å². The summed E-state index contributed by atoms with van der Waals surface area (Å²) in [5.41, 5.74) is 3.05. The Balaban J connectivity index is 2.70. The summed E-state index contributed by atoms with van der Waals surface area (Å²) in [5.74, 6) is 0.802. The van der Waals surface area contributed by atoms with E-state index in [1.807, 2.05) is 0 Å². The Hall–Kier alpha value is -0.720. The highest BCUT2D eigenvalue weighted by molar-refractivity contribution is 5.31. The van der Waals surface area contributed by atoms with Crippen molar-refractivity contribution >= 4 is 0 Å². The summed E-state index contributed by atoms with van der Waals surface area (Å²) in [6.07, 6.45) is 12.3. The Morgan fingerprint density at radius 1 is 1.18 bits per heavy atom. The van der Waals surface area contributed by atoms with Crippen LogP contribution in [0.1, 0.15) is 66.2 Å². The lowest BCUT2D eigenvalue weighted by Gasteiger charge is -2.32. The van der Waals surface area contributed by atoms with Crippen LogP contribution in [0.5, 0.6) is 0 Å². The summed E-state index contributed by atoms with van der Waals surface area (Å²) < 4.78 is 0. The summed E-state index contributed by atoms with van der Waals surface area (Å²) in [6.45, 7) is 9.12. The van der Waals surface area contributed by atoms with Crippen LogP contribution in [0.25, 0.3) is 0 Å². The number of hydrogen-bond acceptors (Lipinski definition) is 1. The quantitative estimate of drug-likeness (QED) is 0.668. The maximum atomic E-state index is 3.65. The summed E-state index contributed by atoms with van der Waals surface area (Å²) in [4.78, 5) is 0. The fraction of sp³-hybridized carbons (Fsp3) is 0.750. The Morgan fingerprint density at radius 3 is 2.47 bits per heavy atom. The topological polar surface area (TPSA) is 12.0 Å². The predicted molar refractivity (Wildman–Crippen MR) is 77.0 cm³/mol. The van der Waals surface area contributed by atoms with E-state index in [4.69, 9.17) is 0 Å². The van der Waals surface area contributed by atoms with Gasteiger partial charge in [-0.15, -0.1) is 0 Å². The van der Waals surface area contributed by atoms with Gasteiger partial charge in [-0.2, -0.15) is 0 Å². The molecule has 2 unspecified atom stereocenters. The lowest BCUT2D eigenvalue weighted by molar-refractivity contribution is 0.365. The molecule has 0 saturated heterocycles. The van der Waals surface area contributed by atoms with Gasteiger partial charge in [0.1, 0.15) is 0 Å². The number of dihydropyridines is 1. The first-order chi connectivity index (χ1) is 8.26. The molecule has 0 fully saturated rings. The Morgan fingerprint density at radius 2 is 1.94 bits per heavy atom. The highest BCUT2D eigenvalue weighted by Gasteiger charge is 2.23. The van der Waals surface area contributed by atoms with Gasteiger partial charge in [0.05, 0.1) is 0 Å². The van der Waals surface area contributed by atoms with E-state index in [0.717, 1.165) is 12.3 Å². The molecule has 1 aliphatic rings. The molecular weight excluding hydrogens is 206 g/mol. The van der Waals surface area contributed by atoms with E-state index in [2.05, 4.69) is 45.3 Å². The van der Waals surface area contributed by atoms with E-state index < -0.39 is 0 Å². The monoisotopic (exact) mass is 235 g/mol. The highest BCUT2D eigenvalue weighted by atomic mass is 14.9. The second-order valence-electron chi connectivity index (χ2n) is 5.10. The average molecular weight is 235 g/mol. The van der Waals surface area contributed by atoms with Gasteiger partial charge in [0.15, 0.2) is 0 Å². The van der Waals surface area contributed by atoms with Gasteiger partial charge in [-0.05, 0) is 36.3 Å². The van der Waals surface area contributed by atoms with Gasteiger partial charge in [0.2, 0.25) is 0 Å². The lowest BCUT2D eigenvalue weighted by atomic mass is 9.83. The van der Waals surface area contributed by atoms with Crippen LogP contribution in [0.3, 0.4) is 0 Å². The third-order valence-corrected chi connectivity index (χ3v) is 3.96. The molecule has 0 bridgehead atoms. The molecule has 0 radical (unpaired) electrons. The third-order valence-electron chi connectivity index (χ3n) is 3.96. The minimum absolute atomic E-state index is 0.590. The normalized spacial score (nSPS) is 21.5. The van der Waals surface area contributed by atoms with E-state index in [1.54, 1.807) is 5.57 Å². The van der Waals surface area contributed by atoms with Crippen molar-refractivity contribution in [2.45, 2.75) is 72.3 Å². The maximum absolute atomic E-state index is 3.65. The molecule has 1 heterocycles. The lowest BCUT2D eigenvalue weighted by Crippen LogP contribution is -2.36. The molecule has 1 aliphatic heterocycles. The number of allylic oxidation sites excluding steroid dienone is 2. The molecular formula is C16H29N. The Bertz CT molecular complexity index is 275. The largest absolute Gasteiger partial charge is 0.384 e. The third kappa shape index (κ3) is 3.90. The molecule has 2 atom stereocenters. The van der Waals surface area contributed by atoms with Crippen LogP contribution in [0.15, 0.2) is 23.4 Å². The minimum atomic E-state index is 0.590. The first-order valence-electron chi connectivity index (χ1n) is 7.42. The molecule has 0 saturated carbocycles. The molecule has 1 heteroatoms. The molecule has 1 N–H and O–H groups in total. The first-order valence-corrected chi connectivity index (χ1v) is 7.42. The molecule has 0 aromatic heterocycles. The van der Waals surface area contributed by atoms with Gasteiger partial charge in [-0.3, -0.25) is 0 Å². The number of hydrogen-bond donors (Lipinski definition) is 1. The van der Waals surface area contributed by atoms with Gasteiger partial charge in [-0.1, -0.05) is 53.0 Å². The van der Waals surface area contributed by atoms with Crippen molar-refractivity contribution in [2.75, 3.05) is 0 Å². The van der Waals surface area contributed by atoms with E-state index in [0.29, 0.717) is 6.04 Å². The zero-order chi connectivity index (χ0) is 12.7. The number of nitrogens with one attached hydrogen (secondary N) is 1. The van der Waals surface area contributed by atoms with Gasteiger partial charge in [0.25, 0.3) is 0 Å². The second-order valence-corrected chi connectivity index (χ2v) is 5.10. The van der Waals surface area contributed by atoms with Crippen molar-refractivity contribution in [2.24, 2.45) is 5.92 Å². The summed E-state index contributed by atoms with van der Waals surface area (Å²) in [6, 6.07) is 0.590. The molecule has 98 valence electrons. The fourth-order valence-electron chi connectivity index (χ4n) is 2.71. The molecule has 0 aromatic carbocycles. The standard InChI is InChI=1S/C16H29N/c1-5-9-10-14(7-3)16-15(8-4)11-13(6-2)12-17-16/h11-12,14,16-17H,5-10H2,1-4H3. The SMILES string of the molecule is CCCCC(CC)C1NC=C(CC)C=C1CC. The van der Waals surface area contributed by atoms with Crippen LogP contribution in [-0.2, 0) is 0 Å². The Kier molecular flexibility index (Phi) is 6.39.